The van der Waals surface area contributed by atoms with Gasteiger partial charge in [-0.2, -0.15) is 12.6 Å². The van der Waals surface area contributed by atoms with Crippen molar-refractivity contribution >= 4 is 41.0 Å². The van der Waals surface area contributed by atoms with Crippen molar-refractivity contribution in [2.45, 2.75) is 19.1 Å². The van der Waals surface area contributed by atoms with Crippen LogP contribution < -0.4 is 4.90 Å². The maximum atomic E-state index is 6.05. The number of nitrogens with one attached hydrogen (secondary N) is 1. The van der Waals surface area contributed by atoms with E-state index < -0.39 is 0 Å². The maximum absolute atomic E-state index is 6.05. The van der Waals surface area contributed by atoms with E-state index in [0.717, 1.165) is 35.5 Å². The molecule has 1 N–H and O–H groups in total. The molecule has 1 heterocycles. The number of hydrogen-bond donors (Lipinski definition) is 2. The summed E-state index contributed by atoms with van der Waals surface area (Å²) in [6.07, 6.45) is 0. The Labute approximate surface area is 147 Å². The van der Waals surface area contributed by atoms with Gasteiger partial charge in [-0.1, -0.05) is 29.8 Å². The summed E-state index contributed by atoms with van der Waals surface area (Å²) < 4.78 is 0. The molecule has 0 spiro atoms. The van der Waals surface area contributed by atoms with Gasteiger partial charge in [-0.25, -0.2) is 4.98 Å². The quantitative estimate of drug-likeness (QED) is 0.632. The standard InChI is InChI=1S/C18H20ClN3S/c1-3-22(4-2)16-8-6-5-7-13(16)17(23)18-20-14-10-9-12(19)11-15(14)21-18/h5-11,17,23H,3-4H2,1-2H3,(H,20,21). The third-order valence-corrected chi connectivity index (χ3v) is 4.82. The van der Waals surface area contributed by atoms with Crippen LogP contribution in [0.25, 0.3) is 11.0 Å². The Balaban J connectivity index is 2.03. The SMILES string of the molecule is CCN(CC)c1ccccc1C(S)c1nc2cc(Cl)ccc2[nH]1. The van der Waals surface area contributed by atoms with Gasteiger partial charge in [0.05, 0.1) is 16.3 Å². The summed E-state index contributed by atoms with van der Waals surface area (Å²) >= 11 is 10.9. The number of thiol groups is 1. The first-order valence-corrected chi connectivity index (χ1v) is 8.70. The molecule has 3 rings (SSSR count). The molecule has 0 saturated heterocycles. The van der Waals surface area contributed by atoms with E-state index in [1.807, 2.05) is 24.3 Å². The predicted octanol–water partition coefficient (Wildman–Crippen LogP) is 5.08. The van der Waals surface area contributed by atoms with Crippen molar-refractivity contribution in [1.29, 1.82) is 0 Å². The highest BCUT2D eigenvalue weighted by Crippen LogP contribution is 2.34. The molecule has 5 heteroatoms. The highest BCUT2D eigenvalue weighted by atomic mass is 35.5. The van der Waals surface area contributed by atoms with E-state index in [2.05, 4.69) is 46.9 Å². The molecular weight excluding hydrogens is 326 g/mol. The van der Waals surface area contributed by atoms with E-state index in [1.165, 1.54) is 5.69 Å². The summed E-state index contributed by atoms with van der Waals surface area (Å²) in [6, 6.07) is 14.1. The fourth-order valence-corrected chi connectivity index (χ4v) is 3.35. The minimum Gasteiger partial charge on any atom is -0.372 e. The summed E-state index contributed by atoms with van der Waals surface area (Å²) in [5.74, 6) is 0.838. The number of halogens is 1. The first-order valence-electron chi connectivity index (χ1n) is 7.81. The van der Waals surface area contributed by atoms with Gasteiger partial charge in [-0.3, -0.25) is 0 Å². The van der Waals surface area contributed by atoms with Gasteiger partial charge in [-0.15, -0.1) is 0 Å². The van der Waals surface area contributed by atoms with E-state index >= 15 is 0 Å². The van der Waals surface area contributed by atoms with Gasteiger partial charge in [-0.05, 0) is 43.7 Å². The van der Waals surface area contributed by atoms with E-state index in [0.29, 0.717) is 5.02 Å². The van der Waals surface area contributed by atoms with Crippen molar-refractivity contribution in [1.82, 2.24) is 9.97 Å². The molecule has 0 aliphatic heterocycles. The Morgan fingerprint density at radius 1 is 1.17 bits per heavy atom. The molecule has 1 aromatic heterocycles. The Kier molecular flexibility index (Phi) is 4.83. The minimum absolute atomic E-state index is 0.113. The first-order chi connectivity index (χ1) is 11.1. The summed E-state index contributed by atoms with van der Waals surface area (Å²) in [6.45, 7) is 6.25. The van der Waals surface area contributed by atoms with Crippen molar-refractivity contribution in [2.24, 2.45) is 0 Å². The molecule has 0 saturated carbocycles. The second-order valence-electron chi connectivity index (χ2n) is 5.42. The predicted molar refractivity (Wildman–Crippen MR) is 102 cm³/mol. The summed E-state index contributed by atoms with van der Waals surface area (Å²) in [4.78, 5) is 10.4. The van der Waals surface area contributed by atoms with Crippen molar-refractivity contribution in [3.8, 4) is 0 Å². The molecule has 1 unspecified atom stereocenters. The summed E-state index contributed by atoms with van der Waals surface area (Å²) in [7, 11) is 0. The van der Waals surface area contributed by atoms with Gasteiger partial charge in [0.15, 0.2) is 0 Å². The second-order valence-corrected chi connectivity index (χ2v) is 6.37. The van der Waals surface area contributed by atoms with Crippen LogP contribution >= 0.6 is 24.2 Å². The molecule has 2 aromatic carbocycles. The molecule has 0 aliphatic carbocycles. The largest absolute Gasteiger partial charge is 0.372 e. The zero-order valence-corrected chi connectivity index (χ0v) is 14.9. The van der Waals surface area contributed by atoms with Crippen molar-refractivity contribution in [3.05, 3.63) is 58.9 Å². The molecule has 0 fully saturated rings. The van der Waals surface area contributed by atoms with Crippen LogP contribution in [0, 0.1) is 0 Å². The molecule has 0 amide bonds. The zero-order chi connectivity index (χ0) is 16.4. The molecule has 3 aromatic rings. The fraction of sp³-hybridized carbons (Fsp3) is 0.278. The highest BCUT2D eigenvalue weighted by molar-refractivity contribution is 7.80. The Morgan fingerprint density at radius 2 is 1.91 bits per heavy atom. The molecular formula is C18H20ClN3S. The van der Waals surface area contributed by atoms with Gasteiger partial charge >= 0.3 is 0 Å². The van der Waals surface area contributed by atoms with E-state index in [1.54, 1.807) is 0 Å². The Bertz CT molecular complexity index is 811. The first kappa shape index (κ1) is 16.2. The van der Waals surface area contributed by atoms with Crippen molar-refractivity contribution in [2.75, 3.05) is 18.0 Å². The zero-order valence-electron chi connectivity index (χ0n) is 13.3. The van der Waals surface area contributed by atoms with Crippen molar-refractivity contribution in [3.63, 3.8) is 0 Å². The fourth-order valence-electron chi connectivity index (χ4n) is 2.85. The normalized spacial score (nSPS) is 12.5. The van der Waals surface area contributed by atoms with Crippen LogP contribution in [-0.2, 0) is 0 Å². The minimum atomic E-state index is -0.113. The Hall–Kier alpha value is -1.65. The smallest absolute Gasteiger partial charge is 0.124 e. The number of nitrogens with zero attached hydrogens (tertiary/aromatic N) is 2. The van der Waals surface area contributed by atoms with Crippen LogP contribution in [0.1, 0.15) is 30.5 Å². The number of anilines is 1. The average molecular weight is 346 g/mol. The number of aromatic amines is 1. The molecule has 120 valence electrons. The topological polar surface area (TPSA) is 31.9 Å². The molecule has 23 heavy (non-hydrogen) atoms. The third-order valence-electron chi connectivity index (χ3n) is 4.06. The summed E-state index contributed by atoms with van der Waals surface area (Å²) in [5.41, 5.74) is 4.20. The van der Waals surface area contributed by atoms with E-state index in [9.17, 15) is 0 Å². The average Bonchev–Trinajstić information content (AvgIpc) is 2.99. The van der Waals surface area contributed by atoms with E-state index in [4.69, 9.17) is 24.2 Å². The van der Waals surface area contributed by atoms with Crippen LogP contribution in [0.15, 0.2) is 42.5 Å². The lowest BCUT2D eigenvalue weighted by molar-refractivity contribution is 0.853. The van der Waals surface area contributed by atoms with Crippen LogP contribution in [0.5, 0.6) is 0 Å². The number of rotatable bonds is 5. The lowest BCUT2D eigenvalue weighted by atomic mass is 10.1. The van der Waals surface area contributed by atoms with Gasteiger partial charge < -0.3 is 9.88 Å². The molecule has 0 aliphatic rings. The van der Waals surface area contributed by atoms with Crippen LogP contribution in [0.2, 0.25) is 5.02 Å². The number of H-pyrrole nitrogens is 1. The number of para-hydroxylation sites is 1. The lowest BCUT2D eigenvalue weighted by Crippen LogP contribution is -2.23. The van der Waals surface area contributed by atoms with Gasteiger partial charge in [0.25, 0.3) is 0 Å². The van der Waals surface area contributed by atoms with Crippen molar-refractivity contribution < 1.29 is 0 Å². The molecule has 1 atom stereocenters. The van der Waals surface area contributed by atoms with Gasteiger partial charge in [0, 0.05) is 23.8 Å². The maximum Gasteiger partial charge on any atom is 0.124 e. The molecule has 3 nitrogen and oxygen atoms in total. The molecule has 0 bridgehead atoms. The number of imidazole rings is 1. The lowest BCUT2D eigenvalue weighted by Gasteiger charge is -2.25. The number of aromatic nitrogens is 2. The van der Waals surface area contributed by atoms with Gasteiger partial charge in [0.1, 0.15) is 5.82 Å². The van der Waals surface area contributed by atoms with Gasteiger partial charge in [0.2, 0.25) is 0 Å². The third kappa shape index (κ3) is 3.19. The number of hydrogen-bond acceptors (Lipinski definition) is 3. The Morgan fingerprint density at radius 3 is 2.65 bits per heavy atom. The highest BCUT2D eigenvalue weighted by Gasteiger charge is 2.19. The second kappa shape index (κ2) is 6.85. The number of fused-ring (bicyclic) bond motifs is 1. The van der Waals surface area contributed by atoms with Crippen LogP contribution in [0.4, 0.5) is 5.69 Å². The van der Waals surface area contributed by atoms with E-state index in [-0.39, 0.29) is 5.25 Å². The van der Waals surface area contributed by atoms with Crippen LogP contribution in [-0.4, -0.2) is 23.1 Å². The monoisotopic (exact) mass is 345 g/mol. The number of benzene rings is 2. The summed E-state index contributed by atoms with van der Waals surface area (Å²) in [5, 5.41) is 0.577. The molecule has 0 radical (unpaired) electrons. The van der Waals surface area contributed by atoms with Crippen LogP contribution in [0.3, 0.4) is 0 Å².